The molecule has 0 bridgehead atoms. The van der Waals surface area contributed by atoms with Gasteiger partial charge in [0.25, 0.3) is 0 Å². The van der Waals surface area contributed by atoms with Crippen molar-refractivity contribution >= 4 is 106 Å². The Balaban J connectivity index is 1.45. The van der Waals surface area contributed by atoms with Gasteiger partial charge in [-0.25, -0.2) is 0 Å². The van der Waals surface area contributed by atoms with E-state index < -0.39 is 16.1 Å². The molecule has 7 aromatic rings. The Morgan fingerprint density at radius 1 is 0.468 bits per heavy atom. The van der Waals surface area contributed by atoms with Gasteiger partial charge in [0.05, 0.1) is 27.5 Å². The number of hydrogen-bond donors (Lipinski definition) is 0. The van der Waals surface area contributed by atoms with Crippen LogP contribution in [0.15, 0.2) is 124 Å². The smallest absolute Gasteiger partial charge is 0.342 e. The standard InChI is InChI=1S/C40H37BN2O2Si2/c1-46(2,3)32-24-13-20-28-35-39(44-37(28)32)41-34-30(42(35)26-16-9-7-10-17-26)22-15-23-31(34)43(27-18-11-8-12-19-27)36-29-21-14-25-33(47(4,5)6)38(29)45-40(36)41/h7-25H,1-6H3. The number of nitrogens with zero attached hydrogens (tertiary/aromatic N) is 2. The molecule has 0 N–H and O–H groups in total. The van der Waals surface area contributed by atoms with Crippen LogP contribution in [0, 0.1) is 0 Å². The molecule has 0 atom stereocenters. The maximum atomic E-state index is 7.26. The Labute approximate surface area is 278 Å². The molecule has 0 saturated heterocycles. The Hall–Kier alpha value is -4.72. The largest absolute Gasteiger partial charge is 0.468 e. The van der Waals surface area contributed by atoms with Crippen molar-refractivity contribution in [1.29, 1.82) is 0 Å². The first-order valence-electron chi connectivity index (χ1n) is 16.6. The van der Waals surface area contributed by atoms with Crippen LogP contribution in [0.4, 0.5) is 34.1 Å². The zero-order chi connectivity index (χ0) is 32.2. The maximum absolute atomic E-state index is 7.26. The molecule has 2 aromatic heterocycles. The van der Waals surface area contributed by atoms with E-state index in [0.717, 1.165) is 67.4 Å². The third kappa shape index (κ3) is 4.06. The van der Waals surface area contributed by atoms with Crippen LogP contribution in [0.5, 0.6) is 0 Å². The van der Waals surface area contributed by atoms with Crippen molar-refractivity contribution in [3.63, 3.8) is 0 Å². The Bertz CT molecular complexity index is 2190. The molecule has 9 rings (SSSR count). The van der Waals surface area contributed by atoms with Crippen molar-refractivity contribution < 1.29 is 8.83 Å². The molecule has 0 spiro atoms. The molecule has 230 valence electrons. The predicted molar refractivity (Wildman–Crippen MR) is 206 cm³/mol. The van der Waals surface area contributed by atoms with Crippen LogP contribution in [-0.4, -0.2) is 22.9 Å². The quantitative estimate of drug-likeness (QED) is 0.180. The number of hydrogen-bond acceptors (Lipinski definition) is 4. The number of furan rings is 2. The third-order valence-corrected chi connectivity index (χ3v) is 13.9. The molecule has 4 nitrogen and oxygen atoms in total. The number of para-hydroxylation sites is 4. The number of benzene rings is 5. The highest BCUT2D eigenvalue weighted by molar-refractivity contribution is 7.00. The molecule has 0 unspecified atom stereocenters. The van der Waals surface area contributed by atoms with Gasteiger partial charge in [-0.1, -0.05) is 106 Å². The molecule has 5 aromatic carbocycles. The van der Waals surface area contributed by atoms with Gasteiger partial charge in [0.15, 0.2) is 0 Å². The fourth-order valence-electron chi connectivity index (χ4n) is 7.82. The second-order valence-electron chi connectivity index (χ2n) is 15.0. The lowest BCUT2D eigenvalue weighted by Crippen LogP contribution is -2.60. The summed E-state index contributed by atoms with van der Waals surface area (Å²) in [6.07, 6.45) is 0. The number of rotatable bonds is 4. The van der Waals surface area contributed by atoms with Crippen molar-refractivity contribution in [2.45, 2.75) is 39.3 Å². The van der Waals surface area contributed by atoms with Crippen molar-refractivity contribution in [3.8, 4) is 0 Å². The van der Waals surface area contributed by atoms with Crippen LogP contribution in [0.3, 0.4) is 0 Å². The fraction of sp³-hybridized carbons (Fsp3) is 0.150. The molecule has 0 saturated carbocycles. The highest BCUT2D eigenvalue weighted by Crippen LogP contribution is 2.48. The van der Waals surface area contributed by atoms with Crippen LogP contribution in [-0.2, 0) is 0 Å². The second kappa shape index (κ2) is 9.89. The third-order valence-electron chi connectivity index (χ3n) is 9.88. The summed E-state index contributed by atoms with van der Waals surface area (Å²) in [5.74, 6) is 0. The van der Waals surface area contributed by atoms with Crippen molar-refractivity contribution in [1.82, 2.24) is 0 Å². The summed E-state index contributed by atoms with van der Waals surface area (Å²) in [4.78, 5) is 4.85. The van der Waals surface area contributed by atoms with Crippen LogP contribution >= 0.6 is 0 Å². The van der Waals surface area contributed by atoms with E-state index in [4.69, 9.17) is 8.83 Å². The van der Waals surface area contributed by atoms with E-state index in [1.807, 2.05) is 0 Å². The Kier molecular flexibility index (Phi) is 6.00. The van der Waals surface area contributed by atoms with Crippen LogP contribution in [0.1, 0.15) is 0 Å². The van der Waals surface area contributed by atoms with Gasteiger partial charge in [-0.3, -0.25) is 0 Å². The molecule has 7 heteroatoms. The maximum Gasteiger partial charge on any atom is 0.342 e. The van der Waals surface area contributed by atoms with E-state index in [9.17, 15) is 0 Å². The first-order valence-corrected chi connectivity index (χ1v) is 23.6. The molecule has 2 aliphatic rings. The lowest BCUT2D eigenvalue weighted by Gasteiger charge is -2.40. The van der Waals surface area contributed by atoms with Crippen LogP contribution in [0.25, 0.3) is 21.9 Å². The first kappa shape index (κ1) is 28.5. The highest BCUT2D eigenvalue weighted by atomic mass is 28.3. The van der Waals surface area contributed by atoms with Gasteiger partial charge >= 0.3 is 6.71 Å². The summed E-state index contributed by atoms with van der Waals surface area (Å²) < 4.78 is 14.5. The second-order valence-corrected chi connectivity index (χ2v) is 25.1. The topological polar surface area (TPSA) is 32.8 Å². The fourth-order valence-corrected chi connectivity index (χ4v) is 10.7. The van der Waals surface area contributed by atoms with E-state index in [1.165, 1.54) is 15.8 Å². The molecule has 0 fully saturated rings. The Morgan fingerprint density at radius 3 is 1.28 bits per heavy atom. The van der Waals surface area contributed by atoms with E-state index in [-0.39, 0.29) is 6.71 Å². The summed E-state index contributed by atoms with van der Waals surface area (Å²) in [6, 6.07) is 41.7. The normalized spacial score (nSPS) is 14.0. The van der Waals surface area contributed by atoms with Crippen LogP contribution < -0.4 is 37.0 Å². The highest BCUT2D eigenvalue weighted by Gasteiger charge is 2.50. The minimum Gasteiger partial charge on any atom is -0.468 e. The van der Waals surface area contributed by atoms with E-state index in [1.54, 1.807) is 0 Å². The van der Waals surface area contributed by atoms with Gasteiger partial charge in [0.2, 0.25) is 0 Å². The lowest BCUT2D eigenvalue weighted by atomic mass is 9.37. The first-order chi connectivity index (χ1) is 22.6. The predicted octanol–water partition coefficient (Wildman–Crippen LogP) is 8.35. The van der Waals surface area contributed by atoms with Crippen LogP contribution in [0.2, 0.25) is 39.3 Å². The summed E-state index contributed by atoms with van der Waals surface area (Å²) >= 11 is 0. The summed E-state index contributed by atoms with van der Waals surface area (Å²) in [6.45, 7) is 14.2. The summed E-state index contributed by atoms with van der Waals surface area (Å²) in [5.41, 5.74) is 11.9. The van der Waals surface area contributed by atoms with E-state index >= 15 is 0 Å². The Morgan fingerprint density at radius 2 is 0.872 bits per heavy atom. The van der Waals surface area contributed by atoms with Crippen molar-refractivity contribution in [3.05, 3.63) is 115 Å². The molecule has 0 amide bonds. The minimum atomic E-state index is -1.74. The molecule has 0 radical (unpaired) electrons. The molecule has 4 heterocycles. The number of fused-ring (bicyclic) bond motifs is 8. The average molecular weight is 645 g/mol. The van der Waals surface area contributed by atoms with Gasteiger partial charge in [0.1, 0.15) is 22.5 Å². The zero-order valence-corrected chi connectivity index (χ0v) is 29.8. The molecule has 2 aliphatic heterocycles. The number of anilines is 6. The minimum absolute atomic E-state index is 0.199. The average Bonchev–Trinajstić information content (AvgIpc) is 3.63. The van der Waals surface area contributed by atoms with Gasteiger partial charge in [-0.05, 0) is 64.4 Å². The summed E-state index contributed by atoms with van der Waals surface area (Å²) in [7, 11) is -3.49. The zero-order valence-electron chi connectivity index (χ0n) is 27.8. The molecular formula is C40H37BN2O2Si2. The monoisotopic (exact) mass is 644 g/mol. The summed E-state index contributed by atoms with van der Waals surface area (Å²) in [5, 5.41) is 5.00. The van der Waals surface area contributed by atoms with Gasteiger partial charge in [-0.15, -0.1) is 0 Å². The lowest BCUT2D eigenvalue weighted by molar-refractivity contribution is 0.639. The molecular weight excluding hydrogens is 607 g/mol. The molecule has 0 aliphatic carbocycles. The SMILES string of the molecule is C[Si](C)(C)c1cccc2c3c(oc12)B1c2oc4c([Si](C)(C)C)cccc4c2N(c2ccccc2)c2cccc(c21)N3c1ccccc1. The molecule has 47 heavy (non-hydrogen) atoms. The van der Waals surface area contributed by atoms with Gasteiger partial charge < -0.3 is 18.6 Å². The van der Waals surface area contributed by atoms with Crippen molar-refractivity contribution in [2.24, 2.45) is 0 Å². The van der Waals surface area contributed by atoms with E-state index in [2.05, 4.69) is 164 Å². The van der Waals surface area contributed by atoms with Gasteiger partial charge in [0, 0.05) is 33.5 Å². The van der Waals surface area contributed by atoms with Gasteiger partial charge in [-0.2, -0.15) is 0 Å². The van der Waals surface area contributed by atoms with E-state index in [0.29, 0.717) is 0 Å². The van der Waals surface area contributed by atoms with Crippen molar-refractivity contribution in [2.75, 3.05) is 9.80 Å².